The summed E-state index contributed by atoms with van der Waals surface area (Å²) in [6.07, 6.45) is 4.55. The first-order chi connectivity index (χ1) is 6.74. The SMILES string of the molecule is CC1CN(C2CC3CC3C2)C(C)CN1. The minimum Gasteiger partial charge on any atom is -0.311 e. The highest BCUT2D eigenvalue weighted by molar-refractivity contribution is 5.01. The van der Waals surface area contributed by atoms with Gasteiger partial charge in [-0.2, -0.15) is 0 Å². The molecule has 2 saturated carbocycles. The Morgan fingerprint density at radius 2 is 1.79 bits per heavy atom. The Hall–Kier alpha value is -0.0800. The zero-order valence-corrected chi connectivity index (χ0v) is 9.37. The second-order valence-corrected chi connectivity index (χ2v) is 5.74. The van der Waals surface area contributed by atoms with E-state index in [9.17, 15) is 0 Å². The van der Waals surface area contributed by atoms with Gasteiger partial charge in [0.2, 0.25) is 0 Å². The van der Waals surface area contributed by atoms with Gasteiger partial charge in [-0.3, -0.25) is 4.90 Å². The number of hydrogen-bond donors (Lipinski definition) is 1. The van der Waals surface area contributed by atoms with Crippen LogP contribution in [0.3, 0.4) is 0 Å². The standard InChI is InChI=1S/C12H22N2/c1-8-7-14(9(2)6-13-8)12-4-10-3-11(10)5-12/h8-13H,3-7H2,1-2H3. The molecular formula is C12H22N2. The maximum atomic E-state index is 3.57. The second-order valence-electron chi connectivity index (χ2n) is 5.74. The Balaban J connectivity index is 1.64. The fraction of sp³-hybridized carbons (Fsp3) is 1.00. The van der Waals surface area contributed by atoms with Crippen LogP contribution in [-0.2, 0) is 0 Å². The number of fused-ring (bicyclic) bond motifs is 1. The summed E-state index contributed by atoms with van der Waals surface area (Å²) in [5.41, 5.74) is 0. The van der Waals surface area contributed by atoms with Gasteiger partial charge in [-0.1, -0.05) is 0 Å². The smallest absolute Gasteiger partial charge is 0.0196 e. The normalized spacial score (nSPS) is 53.1. The van der Waals surface area contributed by atoms with E-state index in [1.165, 1.54) is 25.9 Å². The third-order valence-corrected chi connectivity index (χ3v) is 4.50. The van der Waals surface area contributed by atoms with Crippen molar-refractivity contribution in [3.8, 4) is 0 Å². The molecule has 1 heterocycles. The molecule has 1 aliphatic heterocycles. The molecule has 0 bridgehead atoms. The molecule has 2 aliphatic carbocycles. The topological polar surface area (TPSA) is 15.3 Å². The van der Waals surface area contributed by atoms with Crippen LogP contribution >= 0.6 is 0 Å². The molecule has 1 N–H and O–H groups in total. The first-order valence-corrected chi connectivity index (χ1v) is 6.23. The Bertz CT molecular complexity index is 218. The molecule has 0 radical (unpaired) electrons. The van der Waals surface area contributed by atoms with Crippen molar-refractivity contribution in [2.45, 2.75) is 51.2 Å². The quantitative estimate of drug-likeness (QED) is 0.680. The van der Waals surface area contributed by atoms with Gasteiger partial charge < -0.3 is 5.32 Å². The van der Waals surface area contributed by atoms with Gasteiger partial charge in [-0.25, -0.2) is 0 Å². The summed E-state index contributed by atoms with van der Waals surface area (Å²) in [6, 6.07) is 2.38. The van der Waals surface area contributed by atoms with E-state index in [1.54, 1.807) is 6.42 Å². The molecule has 14 heavy (non-hydrogen) atoms. The average molecular weight is 194 g/mol. The number of rotatable bonds is 1. The summed E-state index contributed by atoms with van der Waals surface area (Å²) < 4.78 is 0. The van der Waals surface area contributed by atoms with Crippen molar-refractivity contribution in [3.63, 3.8) is 0 Å². The lowest BCUT2D eigenvalue weighted by atomic mass is 10.0. The zero-order valence-electron chi connectivity index (χ0n) is 9.37. The molecule has 3 fully saturated rings. The maximum absolute atomic E-state index is 3.57. The van der Waals surface area contributed by atoms with E-state index in [-0.39, 0.29) is 0 Å². The molecule has 0 aromatic carbocycles. The highest BCUT2D eigenvalue weighted by atomic mass is 15.3. The van der Waals surface area contributed by atoms with Crippen LogP contribution in [0.5, 0.6) is 0 Å². The van der Waals surface area contributed by atoms with Crippen LogP contribution in [0.1, 0.15) is 33.1 Å². The lowest BCUT2D eigenvalue weighted by Gasteiger charge is -2.41. The molecule has 4 atom stereocenters. The lowest BCUT2D eigenvalue weighted by molar-refractivity contribution is 0.0911. The molecule has 0 aromatic heterocycles. The summed E-state index contributed by atoms with van der Waals surface area (Å²) in [4.78, 5) is 2.77. The molecule has 80 valence electrons. The fourth-order valence-electron chi connectivity index (χ4n) is 3.51. The third kappa shape index (κ3) is 1.49. The fourth-order valence-corrected chi connectivity index (χ4v) is 3.51. The van der Waals surface area contributed by atoms with Crippen LogP contribution in [0.4, 0.5) is 0 Å². The predicted octanol–water partition coefficient (Wildman–Crippen LogP) is 1.47. The second kappa shape index (κ2) is 3.21. The van der Waals surface area contributed by atoms with Crippen LogP contribution in [0.25, 0.3) is 0 Å². The van der Waals surface area contributed by atoms with Gasteiger partial charge in [-0.05, 0) is 44.9 Å². The molecule has 0 spiro atoms. The largest absolute Gasteiger partial charge is 0.311 e. The first-order valence-electron chi connectivity index (χ1n) is 6.23. The molecular weight excluding hydrogens is 172 g/mol. The van der Waals surface area contributed by atoms with Crippen LogP contribution in [0.2, 0.25) is 0 Å². The van der Waals surface area contributed by atoms with Crippen molar-refractivity contribution >= 4 is 0 Å². The Kier molecular flexibility index (Phi) is 2.10. The Labute approximate surface area is 87.0 Å². The first kappa shape index (κ1) is 9.17. The molecule has 3 rings (SSSR count). The van der Waals surface area contributed by atoms with E-state index in [1.807, 2.05) is 0 Å². The van der Waals surface area contributed by atoms with Crippen molar-refractivity contribution in [1.29, 1.82) is 0 Å². The summed E-state index contributed by atoms with van der Waals surface area (Å²) >= 11 is 0. The average Bonchev–Trinajstić information content (AvgIpc) is 2.78. The van der Waals surface area contributed by atoms with E-state index < -0.39 is 0 Å². The molecule has 1 saturated heterocycles. The Morgan fingerprint density at radius 1 is 1.07 bits per heavy atom. The minimum absolute atomic E-state index is 0.697. The number of nitrogens with one attached hydrogen (secondary N) is 1. The van der Waals surface area contributed by atoms with Crippen molar-refractivity contribution in [2.24, 2.45) is 11.8 Å². The number of hydrogen-bond acceptors (Lipinski definition) is 2. The monoisotopic (exact) mass is 194 g/mol. The van der Waals surface area contributed by atoms with Gasteiger partial charge in [0.15, 0.2) is 0 Å². The molecule has 0 amide bonds. The summed E-state index contributed by atoms with van der Waals surface area (Å²) in [7, 11) is 0. The van der Waals surface area contributed by atoms with Gasteiger partial charge >= 0.3 is 0 Å². The van der Waals surface area contributed by atoms with E-state index in [2.05, 4.69) is 24.1 Å². The van der Waals surface area contributed by atoms with E-state index in [4.69, 9.17) is 0 Å². The van der Waals surface area contributed by atoms with Crippen LogP contribution in [-0.4, -0.2) is 36.1 Å². The predicted molar refractivity (Wildman–Crippen MR) is 58.3 cm³/mol. The van der Waals surface area contributed by atoms with Crippen molar-refractivity contribution in [2.75, 3.05) is 13.1 Å². The van der Waals surface area contributed by atoms with E-state index >= 15 is 0 Å². The van der Waals surface area contributed by atoms with Gasteiger partial charge in [0.05, 0.1) is 0 Å². The zero-order chi connectivity index (χ0) is 9.71. The lowest BCUT2D eigenvalue weighted by Crippen LogP contribution is -2.57. The van der Waals surface area contributed by atoms with Gasteiger partial charge in [0, 0.05) is 31.2 Å². The molecule has 4 unspecified atom stereocenters. The number of nitrogens with zero attached hydrogens (tertiary/aromatic N) is 1. The van der Waals surface area contributed by atoms with Crippen LogP contribution in [0.15, 0.2) is 0 Å². The van der Waals surface area contributed by atoms with E-state index in [0.717, 1.165) is 23.9 Å². The highest BCUT2D eigenvalue weighted by Gasteiger charge is 2.48. The van der Waals surface area contributed by atoms with E-state index in [0.29, 0.717) is 6.04 Å². The molecule has 2 heteroatoms. The Morgan fingerprint density at radius 3 is 2.50 bits per heavy atom. The summed E-state index contributed by atoms with van der Waals surface area (Å²) in [5, 5.41) is 3.57. The highest BCUT2D eigenvalue weighted by Crippen LogP contribution is 2.53. The van der Waals surface area contributed by atoms with Gasteiger partial charge in [0.1, 0.15) is 0 Å². The maximum Gasteiger partial charge on any atom is 0.0196 e. The summed E-state index contributed by atoms with van der Waals surface area (Å²) in [5.74, 6) is 2.25. The van der Waals surface area contributed by atoms with Crippen LogP contribution in [0, 0.1) is 11.8 Å². The van der Waals surface area contributed by atoms with Crippen molar-refractivity contribution in [3.05, 3.63) is 0 Å². The van der Waals surface area contributed by atoms with Crippen LogP contribution < -0.4 is 5.32 Å². The van der Waals surface area contributed by atoms with Gasteiger partial charge in [0.25, 0.3) is 0 Å². The molecule has 2 nitrogen and oxygen atoms in total. The number of piperazine rings is 1. The van der Waals surface area contributed by atoms with Gasteiger partial charge in [-0.15, -0.1) is 0 Å². The minimum atomic E-state index is 0.697. The van der Waals surface area contributed by atoms with Crippen molar-refractivity contribution in [1.82, 2.24) is 10.2 Å². The molecule has 3 aliphatic rings. The third-order valence-electron chi connectivity index (χ3n) is 4.50. The summed E-state index contributed by atoms with van der Waals surface area (Å²) in [6.45, 7) is 7.15. The molecule has 0 aromatic rings. The van der Waals surface area contributed by atoms with Crippen molar-refractivity contribution < 1.29 is 0 Å².